The van der Waals surface area contributed by atoms with Crippen LogP contribution in [0, 0.1) is 6.92 Å². The minimum absolute atomic E-state index is 0.00286. The summed E-state index contributed by atoms with van der Waals surface area (Å²) in [5.41, 5.74) is 5.12. The Bertz CT molecular complexity index is 1430. The Labute approximate surface area is 249 Å². The maximum atomic E-state index is 13.6. The van der Waals surface area contributed by atoms with Crippen molar-refractivity contribution in [1.29, 1.82) is 0 Å². The van der Waals surface area contributed by atoms with Crippen molar-refractivity contribution in [2.45, 2.75) is 56.3 Å². The van der Waals surface area contributed by atoms with Gasteiger partial charge in [-0.2, -0.15) is 4.31 Å². The number of aliphatic hydroxyl groups excluding tert-OH is 1. The molecule has 8 nitrogen and oxygen atoms in total. The largest absolute Gasteiger partial charge is 0.490 e. The SMILES string of the molecule is CCc1ccc(C2C(OCc3ccc4c(c3)N(CCCOC)CCO4)CN(S(=O)(=O)c3ccc(C)cc3)C[C@H]2O)cc1. The quantitative estimate of drug-likeness (QED) is 0.327. The standard InChI is InChI=1S/C33H42N2O6S/c1-4-25-8-11-27(12-9-25)33-30(36)21-35(42(37,38)28-13-6-24(2)7-14-28)22-32(33)41-23-26-10-15-31-29(20-26)34(17-19-40-31)16-5-18-39-3/h6-15,20,30,32-33,36H,4-5,16-19,21-23H2,1-3H3/t30-,32?,33?/m1/s1. The van der Waals surface area contributed by atoms with Crippen LogP contribution in [0.4, 0.5) is 5.69 Å². The molecule has 42 heavy (non-hydrogen) atoms. The second-order valence-corrected chi connectivity index (χ2v) is 13.1. The van der Waals surface area contributed by atoms with Gasteiger partial charge in [-0.05, 0) is 60.7 Å². The lowest BCUT2D eigenvalue weighted by Gasteiger charge is -2.41. The predicted molar refractivity (Wildman–Crippen MR) is 164 cm³/mol. The fraction of sp³-hybridized carbons (Fsp3) is 0.455. The first-order valence-electron chi connectivity index (χ1n) is 14.7. The van der Waals surface area contributed by atoms with Crippen molar-refractivity contribution >= 4 is 15.7 Å². The minimum atomic E-state index is -3.81. The molecule has 226 valence electrons. The van der Waals surface area contributed by atoms with E-state index in [1.807, 2.05) is 31.2 Å². The number of hydrogen-bond acceptors (Lipinski definition) is 7. The van der Waals surface area contributed by atoms with Gasteiger partial charge in [0.15, 0.2) is 0 Å². The molecule has 0 radical (unpaired) electrons. The van der Waals surface area contributed by atoms with Gasteiger partial charge in [0, 0.05) is 39.3 Å². The molecule has 0 aromatic heterocycles. The van der Waals surface area contributed by atoms with Crippen LogP contribution in [0.2, 0.25) is 0 Å². The highest BCUT2D eigenvalue weighted by Crippen LogP contribution is 2.36. The number of methoxy groups -OCH3 is 1. The van der Waals surface area contributed by atoms with Crippen LogP contribution >= 0.6 is 0 Å². The van der Waals surface area contributed by atoms with Crippen LogP contribution in [0.15, 0.2) is 71.6 Å². The van der Waals surface area contributed by atoms with Gasteiger partial charge >= 0.3 is 0 Å². The Morgan fingerprint density at radius 1 is 1.00 bits per heavy atom. The molecule has 2 aliphatic heterocycles. The van der Waals surface area contributed by atoms with Crippen LogP contribution in [0.1, 0.15) is 41.5 Å². The van der Waals surface area contributed by atoms with Crippen molar-refractivity contribution in [3.63, 3.8) is 0 Å². The molecule has 1 N–H and O–H groups in total. The van der Waals surface area contributed by atoms with E-state index in [9.17, 15) is 13.5 Å². The van der Waals surface area contributed by atoms with Gasteiger partial charge in [-0.3, -0.25) is 0 Å². The normalized spacial score (nSPS) is 21.1. The highest BCUT2D eigenvalue weighted by molar-refractivity contribution is 7.89. The minimum Gasteiger partial charge on any atom is -0.490 e. The number of benzene rings is 3. The monoisotopic (exact) mass is 594 g/mol. The third-order valence-electron chi connectivity index (χ3n) is 8.24. The molecule has 2 unspecified atom stereocenters. The Hall–Kier alpha value is -2.95. The fourth-order valence-corrected chi connectivity index (χ4v) is 7.30. The average Bonchev–Trinajstić information content (AvgIpc) is 3.00. The summed E-state index contributed by atoms with van der Waals surface area (Å²) < 4.78 is 46.3. The molecule has 0 amide bonds. The molecule has 0 spiro atoms. The van der Waals surface area contributed by atoms with E-state index < -0.39 is 22.2 Å². The van der Waals surface area contributed by atoms with Crippen molar-refractivity contribution < 1.29 is 27.7 Å². The van der Waals surface area contributed by atoms with Crippen molar-refractivity contribution in [2.24, 2.45) is 0 Å². The molecule has 2 aliphatic rings. The molecule has 3 aromatic carbocycles. The van der Waals surface area contributed by atoms with Gasteiger partial charge in [-0.1, -0.05) is 55.0 Å². The van der Waals surface area contributed by atoms with E-state index in [0.717, 1.165) is 54.1 Å². The third-order valence-corrected chi connectivity index (χ3v) is 10.1. The molecular weight excluding hydrogens is 552 g/mol. The van der Waals surface area contributed by atoms with E-state index in [4.69, 9.17) is 14.2 Å². The van der Waals surface area contributed by atoms with Crippen molar-refractivity contribution in [3.8, 4) is 5.75 Å². The second kappa shape index (κ2) is 13.6. The number of ether oxygens (including phenoxy) is 3. The Balaban J connectivity index is 1.39. The van der Waals surface area contributed by atoms with Gasteiger partial charge in [0.25, 0.3) is 0 Å². The fourth-order valence-electron chi connectivity index (χ4n) is 5.83. The van der Waals surface area contributed by atoms with Crippen LogP contribution in [0.5, 0.6) is 5.75 Å². The van der Waals surface area contributed by atoms with Crippen molar-refractivity contribution in [1.82, 2.24) is 4.31 Å². The van der Waals surface area contributed by atoms with Gasteiger partial charge in [0.05, 0.1) is 35.9 Å². The maximum Gasteiger partial charge on any atom is 0.243 e. The first-order valence-corrected chi connectivity index (χ1v) is 16.2. The number of piperidine rings is 1. The van der Waals surface area contributed by atoms with Crippen LogP contribution in [-0.4, -0.2) is 76.5 Å². The van der Waals surface area contributed by atoms with Crippen LogP contribution in [-0.2, 0) is 32.5 Å². The second-order valence-electron chi connectivity index (χ2n) is 11.2. The number of nitrogens with zero attached hydrogens (tertiary/aromatic N) is 2. The van der Waals surface area contributed by atoms with E-state index in [2.05, 4.69) is 30.0 Å². The highest BCUT2D eigenvalue weighted by atomic mass is 32.2. The number of rotatable bonds is 11. The summed E-state index contributed by atoms with van der Waals surface area (Å²) in [5.74, 6) is 0.478. The van der Waals surface area contributed by atoms with E-state index in [1.54, 1.807) is 31.4 Å². The maximum absolute atomic E-state index is 13.6. The first-order chi connectivity index (χ1) is 20.3. The van der Waals surface area contributed by atoms with Crippen LogP contribution in [0.25, 0.3) is 0 Å². The summed E-state index contributed by atoms with van der Waals surface area (Å²) in [6.07, 6.45) is 0.359. The molecule has 5 rings (SSSR count). The van der Waals surface area contributed by atoms with Crippen molar-refractivity contribution in [2.75, 3.05) is 51.4 Å². The van der Waals surface area contributed by atoms with Gasteiger partial charge in [-0.15, -0.1) is 0 Å². The lowest BCUT2D eigenvalue weighted by Crippen LogP contribution is -2.53. The van der Waals surface area contributed by atoms with Gasteiger partial charge in [0.2, 0.25) is 10.0 Å². The molecule has 3 aromatic rings. The lowest BCUT2D eigenvalue weighted by atomic mass is 9.85. The summed E-state index contributed by atoms with van der Waals surface area (Å²) in [6.45, 7) is 7.45. The third kappa shape index (κ3) is 6.82. The van der Waals surface area contributed by atoms with Crippen molar-refractivity contribution in [3.05, 3.63) is 89.0 Å². The molecule has 2 heterocycles. The summed E-state index contributed by atoms with van der Waals surface area (Å²) >= 11 is 0. The average molecular weight is 595 g/mol. The van der Waals surface area contributed by atoms with Crippen LogP contribution in [0.3, 0.4) is 0 Å². The Morgan fingerprint density at radius 2 is 1.74 bits per heavy atom. The van der Waals surface area contributed by atoms with Gasteiger partial charge in [-0.25, -0.2) is 8.42 Å². The molecular formula is C33H42N2O6S. The molecule has 1 fully saturated rings. The van der Waals surface area contributed by atoms with E-state index in [1.165, 1.54) is 9.87 Å². The topological polar surface area (TPSA) is 88.5 Å². The number of aryl methyl sites for hydroxylation is 2. The smallest absolute Gasteiger partial charge is 0.243 e. The Kier molecular flexibility index (Phi) is 9.85. The molecule has 0 bridgehead atoms. The first kappa shape index (κ1) is 30.5. The van der Waals surface area contributed by atoms with Crippen LogP contribution < -0.4 is 9.64 Å². The zero-order chi connectivity index (χ0) is 29.7. The zero-order valence-electron chi connectivity index (χ0n) is 24.7. The van der Waals surface area contributed by atoms with E-state index in [0.29, 0.717) is 13.2 Å². The number of β-amino-alcohol motifs (C(OH)–C–C–N with tert-alkyl or cyclic N) is 1. The van der Waals surface area contributed by atoms with Gasteiger partial charge in [0.1, 0.15) is 12.4 Å². The Morgan fingerprint density at radius 3 is 2.45 bits per heavy atom. The molecule has 0 aliphatic carbocycles. The van der Waals surface area contributed by atoms with E-state index in [-0.39, 0.29) is 30.5 Å². The van der Waals surface area contributed by atoms with E-state index >= 15 is 0 Å². The molecule has 3 atom stereocenters. The summed E-state index contributed by atoms with van der Waals surface area (Å²) in [5, 5.41) is 11.4. The highest BCUT2D eigenvalue weighted by Gasteiger charge is 2.42. The number of sulfonamides is 1. The summed E-state index contributed by atoms with van der Waals surface area (Å²) in [7, 11) is -2.10. The predicted octanol–water partition coefficient (Wildman–Crippen LogP) is 4.53. The lowest BCUT2D eigenvalue weighted by molar-refractivity contribution is -0.0534. The molecule has 1 saturated heterocycles. The zero-order valence-corrected chi connectivity index (χ0v) is 25.6. The molecule has 0 saturated carbocycles. The summed E-state index contributed by atoms with van der Waals surface area (Å²) in [6, 6.07) is 21.1. The summed E-state index contributed by atoms with van der Waals surface area (Å²) in [4.78, 5) is 2.52. The number of fused-ring (bicyclic) bond motifs is 1. The number of aliphatic hydroxyl groups is 1. The number of hydrogen-bond donors (Lipinski definition) is 1. The molecule has 9 heteroatoms. The number of anilines is 1. The van der Waals surface area contributed by atoms with Gasteiger partial charge < -0.3 is 24.2 Å².